The zero-order valence-corrected chi connectivity index (χ0v) is 10.1. The van der Waals surface area contributed by atoms with Crippen LogP contribution < -0.4 is 0 Å². The van der Waals surface area contributed by atoms with Crippen molar-refractivity contribution in [3.05, 3.63) is 9.47 Å². The highest BCUT2D eigenvalue weighted by Crippen LogP contribution is 2.55. The second-order valence-corrected chi connectivity index (χ2v) is 6.23. The van der Waals surface area contributed by atoms with E-state index in [4.69, 9.17) is 4.74 Å². The molecule has 2 nitrogen and oxygen atoms in total. The summed E-state index contributed by atoms with van der Waals surface area (Å²) in [5, 5.41) is 0. The lowest BCUT2D eigenvalue weighted by Crippen LogP contribution is -1.98. The lowest BCUT2D eigenvalue weighted by atomic mass is 10.1. The molecule has 1 unspecified atom stereocenters. The largest absolute Gasteiger partial charge is 0.463 e. The van der Waals surface area contributed by atoms with Gasteiger partial charge in [0.05, 0.1) is 3.39 Å². The Morgan fingerprint density at radius 3 is 2.50 bits per heavy atom. The first-order valence-corrected chi connectivity index (χ1v) is 5.20. The molecule has 1 rings (SSSR count). The summed E-state index contributed by atoms with van der Waals surface area (Å²) < 4.78 is 5.82. The standard InChI is InChI=1S/C8H10Br2O2/c1-8(2)5(3-6(9)10)7(8)12-4-11/h3-5,7H,1-2H3/t5?,7-/m1/s1. The van der Waals surface area contributed by atoms with Gasteiger partial charge in [0.1, 0.15) is 6.10 Å². The Morgan fingerprint density at radius 2 is 2.08 bits per heavy atom. The summed E-state index contributed by atoms with van der Waals surface area (Å²) in [5.41, 5.74) is 0.0771. The van der Waals surface area contributed by atoms with E-state index in [1.165, 1.54) is 0 Å². The molecule has 68 valence electrons. The first-order chi connectivity index (χ1) is 5.50. The summed E-state index contributed by atoms with van der Waals surface area (Å²) in [6.07, 6.45) is 2.04. The number of carbonyl (C=O) groups excluding carboxylic acids is 1. The van der Waals surface area contributed by atoms with Gasteiger partial charge < -0.3 is 4.74 Å². The predicted molar refractivity (Wildman–Crippen MR) is 54.1 cm³/mol. The number of hydrogen-bond donors (Lipinski definition) is 0. The van der Waals surface area contributed by atoms with E-state index in [0.29, 0.717) is 12.4 Å². The van der Waals surface area contributed by atoms with Crippen LogP contribution in [0.25, 0.3) is 0 Å². The van der Waals surface area contributed by atoms with Gasteiger partial charge in [-0.2, -0.15) is 0 Å². The average Bonchev–Trinajstić information content (AvgIpc) is 2.39. The summed E-state index contributed by atoms with van der Waals surface area (Å²) in [4.78, 5) is 10.1. The molecule has 0 heterocycles. The molecule has 0 aromatic carbocycles. The highest BCUT2D eigenvalue weighted by molar-refractivity contribution is 9.28. The number of ether oxygens (including phenoxy) is 1. The molecule has 4 heteroatoms. The fourth-order valence-corrected chi connectivity index (χ4v) is 1.96. The Kier molecular flexibility index (Phi) is 2.99. The molecule has 12 heavy (non-hydrogen) atoms. The van der Waals surface area contributed by atoms with Crippen LogP contribution in [0.4, 0.5) is 0 Å². The minimum atomic E-state index is 0.0279. The Morgan fingerprint density at radius 1 is 1.50 bits per heavy atom. The van der Waals surface area contributed by atoms with Crippen molar-refractivity contribution in [2.45, 2.75) is 20.0 Å². The van der Waals surface area contributed by atoms with Gasteiger partial charge in [-0.1, -0.05) is 19.9 Å². The summed E-state index contributed by atoms with van der Waals surface area (Å²) in [6, 6.07) is 0. The Hall–Kier alpha value is 0.170. The maximum absolute atomic E-state index is 10.1. The molecule has 0 amide bonds. The average molecular weight is 298 g/mol. The summed E-state index contributed by atoms with van der Waals surface area (Å²) in [7, 11) is 0. The van der Waals surface area contributed by atoms with Crippen molar-refractivity contribution >= 4 is 38.3 Å². The van der Waals surface area contributed by atoms with Crippen molar-refractivity contribution in [2.75, 3.05) is 0 Å². The van der Waals surface area contributed by atoms with Gasteiger partial charge in [-0.15, -0.1) is 0 Å². The molecule has 0 radical (unpaired) electrons. The lowest BCUT2D eigenvalue weighted by Gasteiger charge is -1.97. The Labute approximate surface area is 88.6 Å². The zero-order valence-electron chi connectivity index (χ0n) is 6.88. The third kappa shape index (κ3) is 1.91. The quantitative estimate of drug-likeness (QED) is 0.749. The second-order valence-electron chi connectivity index (χ2n) is 3.46. The van der Waals surface area contributed by atoms with E-state index in [-0.39, 0.29) is 11.5 Å². The van der Waals surface area contributed by atoms with Gasteiger partial charge in [0, 0.05) is 11.3 Å². The molecular formula is C8H10Br2O2. The van der Waals surface area contributed by atoms with Crippen LogP contribution in [0.15, 0.2) is 9.47 Å². The van der Waals surface area contributed by atoms with Crippen molar-refractivity contribution in [1.29, 1.82) is 0 Å². The smallest absolute Gasteiger partial charge is 0.293 e. The molecular weight excluding hydrogens is 288 g/mol. The Balaban J connectivity index is 2.60. The minimum Gasteiger partial charge on any atom is -0.463 e. The second kappa shape index (κ2) is 3.50. The molecule has 0 N–H and O–H groups in total. The number of rotatable bonds is 3. The predicted octanol–water partition coefficient (Wildman–Crippen LogP) is 2.82. The summed E-state index contributed by atoms with van der Waals surface area (Å²) in [5.74, 6) is 0.316. The van der Waals surface area contributed by atoms with Crippen molar-refractivity contribution in [3.8, 4) is 0 Å². The van der Waals surface area contributed by atoms with Crippen molar-refractivity contribution < 1.29 is 9.53 Å². The first-order valence-electron chi connectivity index (χ1n) is 3.62. The SMILES string of the molecule is CC1(C)C(C=C(Br)Br)[C@H]1OC=O. The molecule has 2 atom stereocenters. The molecule has 0 saturated heterocycles. The summed E-state index contributed by atoms with van der Waals surface area (Å²) in [6.45, 7) is 4.67. The molecule has 1 saturated carbocycles. The fourth-order valence-electron chi connectivity index (χ4n) is 1.39. The zero-order chi connectivity index (χ0) is 9.35. The van der Waals surface area contributed by atoms with Gasteiger partial charge in [0.2, 0.25) is 0 Å². The van der Waals surface area contributed by atoms with E-state index < -0.39 is 0 Å². The number of hydrogen-bond acceptors (Lipinski definition) is 2. The molecule has 1 fully saturated rings. The number of halogens is 2. The van der Waals surface area contributed by atoms with Crippen LogP contribution in [0.3, 0.4) is 0 Å². The van der Waals surface area contributed by atoms with Crippen LogP contribution in [-0.4, -0.2) is 12.6 Å². The van der Waals surface area contributed by atoms with E-state index in [1.54, 1.807) is 0 Å². The first kappa shape index (κ1) is 10.3. The maximum atomic E-state index is 10.1. The van der Waals surface area contributed by atoms with E-state index in [2.05, 4.69) is 45.7 Å². The van der Waals surface area contributed by atoms with Gasteiger partial charge in [0.25, 0.3) is 6.47 Å². The molecule has 1 aliphatic carbocycles. The van der Waals surface area contributed by atoms with Gasteiger partial charge in [-0.3, -0.25) is 4.79 Å². The van der Waals surface area contributed by atoms with Crippen molar-refractivity contribution in [1.82, 2.24) is 0 Å². The normalized spacial score (nSPS) is 30.7. The van der Waals surface area contributed by atoms with Gasteiger partial charge in [0.15, 0.2) is 0 Å². The third-order valence-corrected chi connectivity index (χ3v) is 2.85. The lowest BCUT2D eigenvalue weighted by molar-refractivity contribution is -0.130. The van der Waals surface area contributed by atoms with Crippen molar-refractivity contribution in [3.63, 3.8) is 0 Å². The van der Waals surface area contributed by atoms with E-state index in [1.807, 2.05) is 6.08 Å². The van der Waals surface area contributed by atoms with Gasteiger partial charge in [-0.05, 0) is 31.9 Å². The fraction of sp³-hybridized carbons (Fsp3) is 0.625. The molecule has 0 spiro atoms. The van der Waals surface area contributed by atoms with Gasteiger partial charge in [-0.25, -0.2) is 0 Å². The Bertz CT molecular complexity index is 219. The monoisotopic (exact) mass is 296 g/mol. The van der Waals surface area contributed by atoms with Crippen LogP contribution in [0.1, 0.15) is 13.8 Å². The van der Waals surface area contributed by atoms with Crippen LogP contribution in [0.2, 0.25) is 0 Å². The third-order valence-electron chi connectivity index (χ3n) is 2.32. The highest BCUT2D eigenvalue weighted by Gasteiger charge is 2.58. The van der Waals surface area contributed by atoms with E-state index >= 15 is 0 Å². The molecule has 1 aliphatic rings. The molecule has 0 bridgehead atoms. The van der Waals surface area contributed by atoms with Crippen molar-refractivity contribution in [2.24, 2.45) is 11.3 Å². The molecule has 0 aromatic heterocycles. The van der Waals surface area contributed by atoms with Crippen LogP contribution >= 0.6 is 31.9 Å². The molecule has 0 aromatic rings. The van der Waals surface area contributed by atoms with Crippen LogP contribution in [-0.2, 0) is 9.53 Å². The van der Waals surface area contributed by atoms with Gasteiger partial charge >= 0.3 is 0 Å². The molecule has 0 aliphatic heterocycles. The number of carbonyl (C=O) groups is 1. The van der Waals surface area contributed by atoms with Crippen LogP contribution in [0.5, 0.6) is 0 Å². The van der Waals surface area contributed by atoms with E-state index in [9.17, 15) is 4.79 Å². The maximum Gasteiger partial charge on any atom is 0.293 e. The highest BCUT2D eigenvalue weighted by atomic mass is 79.9. The summed E-state index contributed by atoms with van der Waals surface area (Å²) >= 11 is 6.56. The minimum absolute atomic E-state index is 0.0279. The topological polar surface area (TPSA) is 26.3 Å². The van der Waals surface area contributed by atoms with E-state index in [0.717, 1.165) is 3.39 Å². The van der Waals surface area contributed by atoms with Crippen LogP contribution in [0, 0.1) is 11.3 Å².